The minimum absolute atomic E-state index is 0.0696. The van der Waals surface area contributed by atoms with E-state index >= 15 is 0 Å². The fourth-order valence-corrected chi connectivity index (χ4v) is 2.84. The van der Waals surface area contributed by atoms with Crippen molar-refractivity contribution in [1.29, 1.82) is 0 Å². The van der Waals surface area contributed by atoms with Gasteiger partial charge in [-0.1, -0.05) is 18.2 Å². The number of halogens is 1. The molecule has 7 heteroatoms. The number of hydrogen-bond donors (Lipinski definition) is 1. The standard InChI is InChI=1S/C16H15FN4O2/c1-9-18-13-14(19-9)21(11-6-7-11)16(23)20(15(13)22)8-10-4-2-3-5-12(10)17/h2-5,11H,6-8H2,1H3,(H,18,19). The average molecular weight is 314 g/mol. The highest BCUT2D eigenvalue weighted by molar-refractivity contribution is 5.70. The first kappa shape index (κ1) is 13.9. The van der Waals surface area contributed by atoms with Crippen LogP contribution in [0.4, 0.5) is 4.39 Å². The van der Waals surface area contributed by atoms with Gasteiger partial charge in [-0.05, 0) is 25.8 Å². The van der Waals surface area contributed by atoms with Crippen LogP contribution in [0.5, 0.6) is 0 Å². The highest BCUT2D eigenvalue weighted by Gasteiger charge is 2.29. The number of rotatable bonds is 3. The Morgan fingerprint density at radius 2 is 2.04 bits per heavy atom. The van der Waals surface area contributed by atoms with E-state index in [0.29, 0.717) is 22.6 Å². The van der Waals surface area contributed by atoms with Gasteiger partial charge in [0.25, 0.3) is 5.56 Å². The van der Waals surface area contributed by atoms with Crippen LogP contribution in [0.2, 0.25) is 0 Å². The molecule has 0 radical (unpaired) electrons. The van der Waals surface area contributed by atoms with Crippen LogP contribution in [0.15, 0.2) is 33.9 Å². The Morgan fingerprint density at radius 1 is 1.30 bits per heavy atom. The van der Waals surface area contributed by atoms with Crippen LogP contribution in [-0.4, -0.2) is 19.1 Å². The van der Waals surface area contributed by atoms with Gasteiger partial charge in [-0.15, -0.1) is 0 Å². The molecule has 0 atom stereocenters. The Kier molecular flexibility index (Phi) is 2.97. The zero-order valence-electron chi connectivity index (χ0n) is 12.5. The molecule has 1 fully saturated rings. The second kappa shape index (κ2) is 4.91. The van der Waals surface area contributed by atoms with Crippen LogP contribution in [0, 0.1) is 12.7 Å². The molecule has 0 saturated heterocycles. The lowest BCUT2D eigenvalue weighted by Crippen LogP contribution is -2.40. The molecule has 1 aliphatic carbocycles. The number of hydrogen-bond acceptors (Lipinski definition) is 3. The molecule has 4 rings (SSSR count). The molecule has 6 nitrogen and oxygen atoms in total. The van der Waals surface area contributed by atoms with Crippen LogP contribution >= 0.6 is 0 Å². The number of aromatic nitrogens is 4. The summed E-state index contributed by atoms with van der Waals surface area (Å²) in [6, 6.07) is 6.22. The highest BCUT2D eigenvalue weighted by atomic mass is 19.1. The monoisotopic (exact) mass is 314 g/mol. The maximum Gasteiger partial charge on any atom is 0.333 e. The maximum atomic E-state index is 13.9. The van der Waals surface area contributed by atoms with Crippen LogP contribution < -0.4 is 11.2 Å². The van der Waals surface area contributed by atoms with E-state index in [-0.39, 0.29) is 12.6 Å². The number of aryl methyl sites for hydroxylation is 1. The third kappa shape index (κ3) is 2.19. The summed E-state index contributed by atoms with van der Waals surface area (Å²) >= 11 is 0. The number of aromatic amines is 1. The fraction of sp³-hybridized carbons (Fsp3) is 0.312. The maximum absolute atomic E-state index is 13.9. The van der Waals surface area contributed by atoms with Gasteiger partial charge in [-0.25, -0.2) is 14.2 Å². The summed E-state index contributed by atoms with van der Waals surface area (Å²) in [7, 11) is 0. The van der Waals surface area contributed by atoms with E-state index in [9.17, 15) is 14.0 Å². The van der Waals surface area contributed by atoms with Gasteiger partial charge in [0.15, 0.2) is 5.65 Å². The number of benzene rings is 1. The summed E-state index contributed by atoms with van der Waals surface area (Å²) < 4.78 is 16.5. The smallest absolute Gasteiger partial charge is 0.333 e. The Morgan fingerprint density at radius 3 is 2.74 bits per heavy atom. The molecule has 3 aromatic rings. The molecule has 0 amide bonds. The zero-order valence-corrected chi connectivity index (χ0v) is 12.5. The predicted molar refractivity (Wildman–Crippen MR) is 83.1 cm³/mol. The Balaban J connectivity index is 1.98. The number of H-pyrrole nitrogens is 1. The quantitative estimate of drug-likeness (QED) is 0.800. The Hall–Kier alpha value is -2.70. The van der Waals surface area contributed by atoms with Crippen molar-refractivity contribution in [3.8, 4) is 0 Å². The van der Waals surface area contributed by atoms with E-state index in [1.165, 1.54) is 6.07 Å². The van der Waals surface area contributed by atoms with E-state index in [4.69, 9.17) is 0 Å². The molecule has 1 aliphatic rings. The molecule has 0 unspecified atom stereocenters. The van der Waals surface area contributed by atoms with Gasteiger partial charge in [0, 0.05) is 11.6 Å². The van der Waals surface area contributed by atoms with Gasteiger partial charge in [0.05, 0.1) is 6.54 Å². The zero-order chi connectivity index (χ0) is 16.1. The van der Waals surface area contributed by atoms with Crippen molar-refractivity contribution in [2.45, 2.75) is 32.4 Å². The normalized spacial score (nSPS) is 14.5. The minimum Gasteiger partial charge on any atom is -0.336 e. The number of imidazole rings is 1. The summed E-state index contributed by atoms with van der Waals surface area (Å²) in [6.07, 6.45) is 1.78. The van der Waals surface area contributed by atoms with E-state index in [1.54, 1.807) is 29.7 Å². The molecular formula is C16H15FN4O2. The van der Waals surface area contributed by atoms with Crippen LogP contribution in [-0.2, 0) is 6.54 Å². The van der Waals surface area contributed by atoms with E-state index in [2.05, 4.69) is 9.97 Å². The summed E-state index contributed by atoms with van der Waals surface area (Å²) in [5.41, 5.74) is 0.102. The molecule has 2 heterocycles. The van der Waals surface area contributed by atoms with Gasteiger partial charge in [-0.2, -0.15) is 0 Å². The molecule has 0 aliphatic heterocycles. The molecule has 1 N–H and O–H groups in total. The third-order valence-corrected chi connectivity index (χ3v) is 4.13. The molecule has 23 heavy (non-hydrogen) atoms. The van der Waals surface area contributed by atoms with E-state index in [0.717, 1.165) is 17.4 Å². The Labute approximate surface area is 130 Å². The molecule has 2 aromatic heterocycles. The molecule has 1 aromatic carbocycles. The SMILES string of the molecule is Cc1nc2c([nH]1)c(=O)n(Cc1ccccc1F)c(=O)n2C1CC1. The van der Waals surface area contributed by atoms with Crippen LogP contribution in [0.1, 0.15) is 30.3 Å². The summed E-state index contributed by atoms with van der Waals surface area (Å²) in [6.45, 7) is 1.65. The summed E-state index contributed by atoms with van der Waals surface area (Å²) in [5, 5.41) is 0. The lowest BCUT2D eigenvalue weighted by molar-refractivity contribution is 0.571. The van der Waals surface area contributed by atoms with Crippen LogP contribution in [0.3, 0.4) is 0 Å². The van der Waals surface area contributed by atoms with Crippen molar-refractivity contribution in [3.63, 3.8) is 0 Å². The van der Waals surface area contributed by atoms with Crippen molar-refractivity contribution >= 4 is 11.2 Å². The van der Waals surface area contributed by atoms with Crippen molar-refractivity contribution in [1.82, 2.24) is 19.1 Å². The van der Waals surface area contributed by atoms with Crippen molar-refractivity contribution < 1.29 is 4.39 Å². The molecule has 1 saturated carbocycles. The first-order valence-electron chi connectivity index (χ1n) is 7.51. The fourth-order valence-electron chi connectivity index (χ4n) is 2.84. The van der Waals surface area contributed by atoms with Gasteiger partial charge >= 0.3 is 5.69 Å². The number of fused-ring (bicyclic) bond motifs is 1. The third-order valence-electron chi connectivity index (χ3n) is 4.13. The van der Waals surface area contributed by atoms with E-state index in [1.807, 2.05) is 0 Å². The Bertz CT molecular complexity index is 1030. The van der Waals surface area contributed by atoms with Gasteiger partial charge < -0.3 is 4.98 Å². The highest BCUT2D eigenvalue weighted by Crippen LogP contribution is 2.34. The molecule has 118 valence electrons. The van der Waals surface area contributed by atoms with Crippen LogP contribution in [0.25, 0.3) is 11.2 Å². The number of nitrogens with zero attached hydrogens (tertiary/aromatic N) is 3. The first-order valence-corrected chi connectivity index (χ1v) is 7.51. The lowest BCUT2D eigenvalue weighted by atomic mass is 10.2. The van der Waals surface area contributed by atoms with Crippen molar-refractivity contribution in [2.24, 2.45) is 0 Å². The molecular weight excluding hydrogens is 299 g/mol. The van der Waals surface area contributed by atoms with Crippen molar-refractivity contribution in [2.75, 3.05) is 0 Å². The summed E-state index contributed by atoms with van der Waals surface area (Å²) in [4.78, 5) is 32.6. The molecule has 0 bridgehead atoms. The van der Waals surface area contributed by atoms with Crippen molar-refractivity contribution in [3.05, 3.63) is 62.3 Å². The second-order valence-corrected chi connectivity index (χ2v) is 5.89. The second-order valence-electron chi connectivity index (χ2n) is 5.89. The van der Waals surface area contributed by atoms with Gasteiger partial charge in [0.2, 0.25) is 0 Å². The summed E-state index contributed by atoms with van der Waals surface area (Å²) in [5.74, 6) is 0.146. The van der Waals surface area contributed by atoms with Gasteiger partial charge in [0.1, 0.15) is 17.2 Å². The van der Waals surface area contributed by atoms with E-state index < -0.39 is 17.1 Å². The van der Waals surface area contributed by atoms with Gasteiger partial charge in [-0.3, -0.25) is 13.9 Å². The lowest BCUT2D eigenvalue weighted by Gasteiger charge is -2.11. The predicted octanol–water partition coefficient (Wildman–Crippen LogP) is 1.72. The molecule has 0 spiro atoms. The number of nitrogens with one attached hydrogen (secondary N) is 1. The topological polar surface area (TPSA) is 72.7 Å². The minimum atomic E-state index is -0.467. The average Bonchev–Trinajstić information content (AvgIpc) is 3.27. The first-order chi connectivity index (χ1) is 11.1. The largest absolute Gasteiger partial charge is 0.336 e.